The lowest BCUT2D eigenvalue weighted by atomic mass is 9.93. The molecule has 1 aliphatic rings. The van der Waals surface area contributed by atoms with E-state index in [-0.39, 0.29) is 11.9 Å². The number of aryl methyl sites for hydroxylation is 1. The molecule has 3 atom stereocenters. The van der Waals surface area contributed by atoms with Gasteiger partial charge in [-0.15, -0.1) is 0 Å². The van der Waals surface area contributed by atoms with E-state index in [0.29, 0.717) is 24.3 Å². The summed E-state index contributed by atoms with van der Waals surface area (Å²) in [6.45, 7) is 9.98. The van der Waals surface area contributed by atoms with Gasteiger partial charge in [0.15, 0.2) is 5.82 Å². The number of aromatic nitrogens is 2. The van der Waals surface area contributed by atoms with Crippen molar-refractivity contribution in [3.05, 3.63) is 11.7 Å². The molecule has 0 aromatic carbocycles. The molecule has 0 aliphatic carbocycles. The minimum atomic E-state index is 0.0405. The van der Waals surface area contributed by atoms with Gasteiger partial charge in [-0.05, 0) is 25.7 Å². The predicted octanol–water partition coefficient (Wildman–Crippen LogP) is 2.71. The number of carbonyl (C=O) groups excluding carboxylic acids is 1. The Labute approximate surface area is 139 Å². The lowest BCUT2D eigenvalue weighted by Gasteiger charge is -2.38. The van der Waals surface area contributed by atoms with Crippen LogP contribution in [0.25, 0.3) is 0 Å². The topological polar surface area (TPSA) is 71.3 Å². The van der Waals surface area contributed by atoms with Gasteiger partial charge in [-0.3, -0.25) is 4.79 Å². The normalized spacial score (nSPS) is 23.0. The van der Waals surface area contributed by atoms with Gasteiger partial charge in [0.2, 0.25) is 11.8 Å². The summed E-state index contributed by atoms with van der Waals surface area (Å²) in [6, 6.07) is 0.413. The number of carbonyl (C=O) groups is 1. The molecule has 23 heavy (non-hydrogen) atoms. The van der Waals surface area contributed by atoms with Crippen molar-refractivity contribution in [1.82, 2.24) is 20.4 Å². The van der Waals surface area contributed by atoms with Gasteiger partial charge in [0.1, 0.15) is 0 Å². The molecule has 2 rings (SSSR count). The second kappa shape index (κ2) is 8.43. The zero-order valence-corrected chi connectivity index (χ0v) is 14.8. The molecule has 130 valence electrons. The van der Waals surface area contributed by atoms with E-state index in [1.54, 1.807) is 0 Å². The smallest absolute Gasteiger partial charge is 0.243 e. The van der Waals surface area contributed by atoms with Gasteiger partial charge in [0.25, 0.3) is 0 Å². The quantitative estimate of drug-likeness (QED) is 0.835. The highest BCUT2D eigenvalue weighted by Gasteiger charge is 2.29. The van der Waals surface area contributed by atoms with Gasteiger partial charge in [-0.1, -0.05) is 32.3 Å². The maximum Gasteiger partial charge on any atom is 0.243 e. The maximum absolute atomic E-state index is 11.8. The summed E-state index contributed by atoms with van der Waals surface area (Å²) in [4.78, 5) is 18.3. The lowest BCUT2D eigenvalue weighted by Crippen LogP contribution is -2.50. The molecule has 6 nitrogen and oxygen atoms in total. The first-order valence-corrected chi connectivity index (χ1v) is 8.91. The van der Waals surface area contributed by atoms with Gasteiger partial charge in [-0.25, -0.2) is 0 Å². The third-order valence-electron chi connectivity index (χ3n) is 4.63. The summed E-state index contributed by atoms with van der Waals surface area (Å²) in [6.07, 6.45) is 4.64. The first kappa shape index (κ1) is 17.9. The largest absolute Gasteiger partial charge is 0.342 e. The number of likely N-dealkylation sites (tertiary alicyclic amines) is 1. The molecule has 0 unspecified atom stereocenters. The van der Waals surface area contributed by atoms with Crippen molar-refractivity contribution in [3.8, 4) is 0 Å². The average Bonchev–Trinajstić information content (AvgIpc) is 3.03. The monoisotopic (exact) mass is 322 g/mol. The number of hydrogen-bond donors (Lipinski definition) is 1. The summed E-state index contributed by atoms with van der Waals surface area (Å²) >= 11 is 0. The van der Waals surface area contributed by atoms with Crippen molar-refractivity contribution in [3.63, 3.8) is 0 Å². The van der Waals surface area contributed by atoms with Gasteiger partial charge < -0.3 is 14.7 Å². The summed E-state index contributed by atoms with van der Waals surface area (Å²) in [5, 5.41) is 7.65. The van der Waals surface area contributed by atoms with E-state index >= 15 is 0 Å². The lowest BCUT2D eigenvalue weighted by molar-refractivity contribution is -0.132. The Morgan fingerprint density at radius 2 is 2.26 bits per heavy atom. The standard InChI is InChI=1S/C17H30N4O2/c1-5-7-8-15-19-17(23-20-15)13(4)18-14-9-10-21(11-12(14)3)16(22)6-2/h12-14,18H,5-11H2,1-4H3/t12-,13+,14+/m1/s1. The highest BCUT2D eigenvalue weighted by molar-refractivity contribution is 5.75. The minimum Gasteiger partial charge on any atom is -0.342 e. The zero-order valence-electron chi connectivity index (χ0n) is 14.8. The molecule has 1 fully saturated rings. The van der Waals surface area contributed by atoms with Crippen LogP contribution >= 0.6 is 0 Å². The molecular formula is C17H30N4O2. The van der Waals surface area contributed by atoms with Crippen molar-refractivity contribution in [2.45, 2.75) is 71.9 Å². The van der Waals surface area contributed by atoms with Crippen LogP contribution in [0, 0.1) is 5.92 Å². The van der Waals surface area contributed by atoms with Crippen LogP contribution in [0.5, 0.6) is 0 Å². The molecule has 1 aliphatic heterocycles. The van der Waals surface area contributed by atoms with E-state index < -0.39 is 0 Å². The third-order valence-corrected chi connectivity index (χ3v) is 4.63. The Morgan fingerprint density at radius 1 is 1.48 bits per heavy atom. The molecule has 1 aromatic heterocycles. The van der Waals surface area contributed by atoms with Crippen molar-refractivity contribution < 1.29 is 9.32 Å². The Kier molecular flexibility index (Phi) is 6.57. The summed E-state index contributed by atoms with van der Waals surface area (Å²) in [5.41, 5.74) is 0. The molecule has 0 saturated carbocycles. The Morgan fingerprint density at radius 3 is 2.91 bits per heavy atom. The van der Waals surface area contributed by atoms with Crippen LogP contribution in [0.15, 0.2) is 4.52 Å². The second-order valence-electron chi connectivity index (χ2n) is 6.61. The van der Waals surface area contributed by atoms with E-state index in [1.165, 1.54) is 0 Å². The Balaban J connectivity index is 1.86. The molecule has 0 spiro atoms. The second-order valence-corrected chi connectivity index (χ2v) is 6.61. The average molecular weight is 322 g/mol. The number of amides is 1. The van der Waals surface area contributed by atoms with Crippen LogP contribution < -0.4 is 5.32 Å². The van der Waals surface area contributed by atoms with Crippen LogP contribution in [0.4, 0.5) is 0 Å². The molecule has 6 heteroatoms. The van der Waals surface area contributed by atoms with E-state index in [9.17, 15) is 4.79 Å². The fourth-order valence-electron chi connectivity index (χ4n) is 3.12. The zero-order chi connectivity index (χ0) is 16.8. The maximum atomic E-state index is 11.8. The SMILES string of the molecule is CCCCc1noc([C@H](C)N[C@H]2CCN(C(=O)CC)C[C@H]2C)n1. The molecule has 0 radical (unpaired) electrons. The van der Waals surface area contributed by atoms with Crippen LogP contribution in [0.1, 0.15) is 71.1 Å². The molecule has 2 heterocycles. The van der Waals surface area contributed by atoms with Crippen molar-refractivity contribution in [2.75, 3.05) is 13.1 Å². The number of hydrogen-bond acceptors (Lipinski definition) is 5. The highest BCUT2D eigenvalue weighted by Crippen LogP contribution is 2.21. The Bertz CT molecular complexity index is 503. The van der Waals surface area contributed by atoms with Gasteiger partial charge in [-0.2, -0.15) is 4.98 Å². The minimum absolute atomic E-state index is 0.0405. The van der Waals surface area contributed by atoms with Crippen LogP contribution in [0.2, 0.25) is 0 Å². The first-order chi connectivity index (χ1) is 11.0. The molecular weight excluding hydrogens is 292 g/mol. The fourth-order valence-corrected chi connectivity index (χ4v) is 3.12. The fraction of sp³-hybridized carbons (Fsp3) is 0.824. The molecule has 1 amide bonds. The van der Waals surface area contributed by atoms with Crippen LogP contribution in [-0.2, 0) is 11.2 Å². The predicted molar refractivity (Wildman–Crippen MR) is 88.9 cm³/mol. The molecule has 1 saturated heterocycles. The number of nitrogens with one attached hydrogen (secondary N) is 1. The van der Waals surface area contributed by atoms with E-state index in [1.807, 2.05) is 11.8 Å². The summed E-state index contributed by atoms with van der Waals surface area (Å²) in [5.74, 6) is 2.13. The Hall–Kier alpha value is -1.43. The third kappa shape index (κ3) is 4.77. The molecule has 0 bridgehead atoms. The number of piperidine rings is 1. The van der Waals surface area contributed by atoms with E-state index in [4.69, 9.17) is 4.52 Å². The van der Waals surface area contributed by atoms with Crippen molar-refractivity contribution in [2.24, 2.45) is 5.92 Å². The van der Waals surface area contributed by atoms with E-state index in [0.717, 1.165) is 44.6 Å². The van der Waals surface area contributed by atoms with Crippen LogP contribution in [0.3, 0.4) is 0 Å². The highest BCUT2D eigenvalue weighted by atomic mass is 16.5. The van der Waals surface area contributed by atoms with Gasteiger partial charge in [0.05, 0.1) is 6.04 Å². The first-order valence-electron chi connectivity index (χ1n) is 8.91. The number of unbranched alkanes of at least 4 members (excludes halogenated alkanes) is 1. The van der Waals surface area contributed by atoms with Crippen molar-refractivity contribution >= 4 is 5.91 Å². The van der Waals surface area contributed by atoms with Crippen LogP contribution in [-0.4, -0.2) is 40.1 Å². The summed E-state index contributed by atoms with van der Waals surface area (Å²) in [7, 11) is 0. The molecule has 1 N–H and O–H groups in total. The van der Waals surface area contributed by atoms with Gasteiger partial charge in [0, 0.05) is 32.0 Å². The molecule has 1 aromatic rings. The van der Waals surface area contributed by atoms with E-state index in [2.05, 4.69) is 36.2 Å². The number of rotatable bonds is 7. The summed E-state index contributed by atoms with van der Waals surface area (Å²) < 4.78 is 5.39. The van der Waals surface area contributed by atoms with Gasteiger partial charge >= 0.3 is 0 Å². The number of nitrogens with zero attached hydrogens (tertiary/aromatic N) is 3. The van der Waals surface area contributed by atoms with Crippen molar-refractivity contribution in [1.29, 1.82) is 0 Å².